The average Bonchev–Trinajstić information content (AvgIpc) is 3.02. The number of rotatable bonds is 4. The number of carbonyl (C=O) groups excluding carboxylic acids is 2. The highest BCUT2D eigenvalue weighted by atomic mass is 79.9. The van der Waals surface area contributed by atoms with E-state index >= 15 is 0 Å². The second kappa shape index (κ2) is 6.88. The summed E-state index contributed by atoms with van der Waals surface area (Å²) in [5.74, 6) is -0.0303. The van der Waals surface area contributed by atoms with Gasteiger partial charge in [-0.3, -0.25) is 9.69 Å². The van der Waals surface area contributed by atoms with Crippen LogP contribution in [0.1, 0.15) is 15.9 Å². The Morgan fingerprint density at radius 2 is 2.08 bits per heavy atom. The van der Waals surface area contributed by atoms with E-state index < -0.39 is 6.09 Å². The molecular weight excluding hydrogens is 374 g/mol. The Bertz CT molecular complexity index is 832. The number of cyclic esters (lactones) is 1. The zero-order chi connectivity index (χ0) is 17.1. The molecule has 0 saturated carbocycles. The van der Waals surface area contributed by atoms with Crippen molar-refractivity contribution in [2.24, 2.45) is 0 Å². The summed E-state index contributed by atoms with van der Waals surface area (Å²) in [6.07, 6.45) is 2.73. The molecule has 0 aromatic heterocycles. The Labute approximate surface area is 147 Å². The number of nitrogens with zero attached hydrogens (tertiary/aromatic N) is 1. The summed E-state index contributed by atoms with van der Waals surface area (Å²) in [6.45, 7) is 0.834. The van der Waals surface area contributed by atoms with E-state index in [1.54, 1.807) is 48.5 Å². The van der Waals surface area contributed by atoms with Crippen LogP contribution in [0.15, 0.2) is 53.0 Å². The third-order valence-corrected chi connectivity index (χ3v) is 4.24. The van der Waals surface area contributed by atoms with Gasteiger partial charge in [-0.2, -0.15) is 0 Å². The summed E-state index contributed by atoms with van der Waals surface area (Å²) < 4.78 is 5.47. The van der Waals surface area contributed by atoms with Gasteiger partial charge in [-0.1, -0.05) is 24.3 Å². The van der Waals surface area contributed by atoms with Crippen LogP contribution in [0.25, 0.3) is 6.08 Å². The van der Waals surface area contributed by atoms with E-state index in [0.29, 0.717) is 28.9 Å². The van der Waals surface area contributed by atoms with E-state index in [2.05, 4.69) is 15.9 Å². The first-order valence-electron chi connectivity index (χ1n) is 7.30. The fourth-order valence-electron chi connectivity index (χ4n) is 2.35. The van der Waals surface area contributed by atoms with Crippen molar-refractivity contribution in [1.82, 2.24) is 0 Å². The number of amides is 1. The Morgan fingerprint density at radius 1 is 1.25 bits per heavy atom. The molecule has 6 heteroatoms. The number of hydrogen-bond donors (Lipinski definition) is 1. The molecule has 3 rings (SSSR count). The van der Waals surface area contributed by atoms with Gasteiger partial charge in [0.15, 0.2) is 5.78 Å². The highest BCUT2D eigenvalue weighted by Gasteiger charge is 2.23. The fourth-order valence-corrected chi connectivity index (χ4v) is 2.75. The molecule has 0 bridgehead atoms. The van der Waals surface area contributed by atoms with Gasteiger partial charge < -0.3 is 9.84 Å². The lowest BCUT2D eigenvalue weighted by molar-refractivity contribution is 0.104. The van der Waals surface area contributed by atoms with Crippen LogP contribution in [0, 0.1) is 0 Å². The summed E-state index contributed by atoms with van der Waals surface area (Å²) in [5.41, 5.74) is 1.91. The number of ketones is 1. The Morgan fingerprint density at radius 3 is 2.79 bits per heavy atom. The van der Waals surface area contributed by atoms with Gasteiger partial charge in [-0.25, -0.2) is 4.79 Å². The lowest BCUT2D eigenvalue weighted by Gasteiger charge is -2.13. The molecule has 2 aromatic carbocycles. The van der Waals surface area contributed by atoms with Crippen molar-refractivity contribution < 1.29 is 19.4 Å². The second-order valence-electron chi connectivity index (χ2n) is 5.22. The third-order valence-electron chi connectivity index (χ3n) is 3.60. The lowest BCUT2D eigenvalue weighted by atomic mass is 10.1. The molecule has 1 fully saturated rings. The van der Waals surface area contributed by atoms with Crippen LogP contribution >= 0.6 is 15.9 Å². The lowest BCUT2D eigenvalue weighted by Crippen LogP contribution is -2.23. The van der Waals surface area contributed by atoms with E-state index in [0.717, 1.165) is 5.56 Å². The molecule has 1 saturated heterocycles. The van der Waals surface area contributed by atoms with Gasteiger partial charge >= 0.3 is 6.09 Å². The standard InChI is InChI=1S/C18H14BrNO4/c19-15-10-12(5-7-17(15)22)4-6-16(21)13-2-1-3-14(11-13)20-8-9-24-18(20)23/h1-7,10-11,22H,8-9H2/b6-4+. The summed E-state index contributed by atoms with van der Waals surface area (Å²) in [7, 11) is 0. The maximum Gasteiger partial charge on any atom is 0.414 e. The zero-order valence-corrected chi connectivity index (χ0v) is 14.2. The van der Waals surface area contributed by atoms with Gasteiger partial charge in [0.1, 0.15) is 12.4 Å². The van der Waals surface area contributed by atoms with Crippen molar-refractivity contribution in [3.8, 4) is 5.75 Å². The highest BCUT2D eigenvalue weighted by molar-refractivity contribution is 9.10. The number of allylic oxidation sites excluding steroid dienone is 1. The van der Waals surface area contributed by atoms with E-state index in [4.69, 9.17) is 4.74 Å². The van der Waals surface area contributed by atoms with E-state index in [1.807, 2.05) is 0 Å². The second-order valence-corrected chi connectivity index (χ2v) is 6.08. The van der Waals surface area contributed by atoms with Gasteiger partial charge in [-0.05, 0) is 51.8 Å². The minimum atomic E-state index is -0.399. The number of halogens is 1. The van der Waals surface area contributed by atoms with Crippen LogP contribution in [0.3, 0.4) is 0 Å². The molecule has 0 aliphatic carbocycles. The van der Waals surface area contributed by atoms with Crippen LogP contribution in [0.5, 0.6) is 5.75 Å². The van der Waals surface area contributed by atoms with E-state index in [9.17, 15) is 14.7 Å². The Kier molecular flexibility index (Phi) is 4.66. The highest BCUT2D eigenvalue weighted by Crippen LogP contribution is 2.25. The number of ether oxygens (including phenoxy) is 1. The van der Waals surface area contributed by atoms with Crippen molar-refractivity contribution in [3.63, 3.8) is 0 Å². The normalized spacial score (nSPS) is 14.2. The summed E-state index contributed by atoms with van der Waals surface area (Å²) in [5, 5.41) is 9.47. The van der Waals surface area contributed by atoms with Crippen LogP contribution in [0.4, 0.5) is 10.5 Å². The first-order valence-corrected chi connectivity index (χ1v) is 8.09. The monoisotopic (exact) mass is 387 g/mol. The van der Waals surface area contributed by atoms with Crippen molar-refractivity contribution in [2.75, 3.05) is 18.1 Å². The van der Waals surface area contributed by atoms with Gasteiger partial charge in [0.2, 0.25) is 0 Å². The molecule has 1 aliphatic rings. The van der Waals surface area contributed by atoms with Crippen LogP contribution in [0.2, 0.25) is 0 Å². The van der Waals surface area contributed by atoms with Gasteiger partial charge in [0.05, 0.1) is 11.0 Å². The van der Waals surface area contributed by atoms with Crippen molar-refractivity contribution in [1.29, 1.82) is 0 Å². The molecule has 0 atom stereocenters. The number of hydrogen-bond acceptors (Lipinski definition) is 4. The maximum absolute atomic E-state index is 12.3. The van der Waals surface area contributed by atoms with Gasteiger partial charge in [0.25, 0.3) is 0 Å². The molecule has 1 heterocycles. The maximum atomic E-state index is 12.3. The van der Waals surface area contributed by atoms with Crippen LogP contribution in [-0.4, -0.2) is 30.1 Å². The third kappa shape index (κ3) is 3.49. The first kappa shape index (κ1) is 16.3. The minimum Gasteiger partial charge on any atom is -0.507 e. The summed E-state index contributed by atoms with van der Waals surface area (Å²) in [4.78, 5) is 25.4. The van der Waals surface area contributed by atoms with Gasteiger partial charge in [-0.15, -0.1) is 0 Å². The average molecular weight is 388 g/mol. The number of phenols is 1. The van der Waals surface area contributed by atoms with Gasteiger partial charge in [0, 0.05) is 11.3 Å². The van der Waals surface area contributed by atoms with Crippen LogP contribution in [-0.2, 0) is 4.74 Å². The fraction of sp³-hybridized carbons (Fsp3) is 0.111. The quantitative estimate of drug-likeness (QED) is 0.635. The molecular formula is C18H14BrNO4. The smallest absolute Gasteiger partial charge is 0.414 e. The number of aromatic hydroxyl groups is 1. The number of carbonyl (C=O) groups is 2. The van der Waals surface area contributed by atoms with E-state index in [1.165, 1.54) is 11.0 Å². The SMILES string of the molecule is O=C(/C=C/c1ccc(O)c(Br)c1)c1cccc(N2CCOC2=O)c1. The molecule has 122 valence electrons. The zero-order valence-electron chi connectivity index (χ0n) is 12.6. The predicted octanol–water partition coefficient (Wildman–Crippen LogP) is 4.01. The van der Waals surface area contributed by atoms with Crippen LogP contribution < -0.4 is 4.90 Å². The summed E-state index contributed by atoms with van der Waals surface area (Å²) in [6, 6.07) is 11.9. The number of anilines is 1. The minimum absolute atomic E-state index is 0.142. The topological polar surface area (TPSA) is 66.8 Å². The molecule has 24 heavy (non-hydrogen) atoms. The number of benzene rings is 2. The molecule has 5 nitrogen and oxygen atoms in total. The molecule has 0 unspecified atom stereocenters. The van der Waals surface area contributed by atoms with Crippen molar-refractivity contribution in [3.05, 3.63) is 64.1 Å². The molecule has 0 spiro atoms. The Hall–Kier alpha value is -2.60. The molecule has 0 radical (unpaired) electrons. The molecule has 2 aromatic rings. The van der Waals surface area contributed by atoms with E-state index in [-0.39, 0.29) is 11.5 Å². The number of phenolic OH excluding ortho intramolecular Hbond substituents is 1. The largest absolute Gasteiger partial charge is 0.507 e. The summed E-state index contributed by atoms with van der Waals surface area (Å²) >= 11 is 3.23. The molecule has 1 N–H and O–H groups in total. The Balaban J connectivity index is 1.78. The predicted molar refractivity (Wildman–Crippen MR) is 94.3 cm³/mol. The molecule has 1 amide bonds. The van der Waals surface area contributed by atoms with Crippen molar-refractivity contribution >= 4 is 39.6 Å². The van der Waals surface area contributed by atoms with Crippen molar-refractivity contribution in [2.45, 2.75) is 0 Å². The molecule has 1 aliphatic heterocycles. The first-order chi connectivity index (χ1) is 11.5.